The third-order valence-electron chi connectivity index (χ3n) is 15.1. The summed E-state index contributed by atoms with van der Waals surface area (Å²) in [5.41, 5.74) is 1.09. The number of nitrogens with zero attached hydrogens (tertiary/aromatic N) is 3. The fraction of sp³-hybridized carbons (Fsp3) is 0.919. The molecule has 0 spiro atoms. The lowest BCUT2D eigenvalue weighted by Crippen LogP contribution is -2.37. The van der Waals surface area contributed by atoms with E-state index in [-0.39, 0.29) is 11.9 Å². The van der Waals surface area contributed by atoms with Crippen LogP contribution in [-0.2, 0) is 25.6 Å². The SMILES string of the molecule is CCCCCCCCCCN(CCCn1cnc(C)c1)C(CCCCCC(=O)OCC(CCCCCC)CCCCCCCC)CCCCCC(=O)OCC(CCCCCC)CCCCCCCC. The Morgan fingerprint density at radius 3 is 1.17 bits per heavy atom. The Hall–Kier alpha value is -1.89. The standard InChI is InChI=1S/C62H119N3O4/c1-7-12-17-22-25-26-29-40-51-65(52-41-50-64-53-57(6)63-56-64)60(46-36-30-38-48-61(66)68-54-58(42-32-20-15-10-4)44-34-27-23-18-13-8-2)47-37-31-39-49-62(67)69-55-59(43-33-21-16-11-5)45-35-28-24-19-14-9-3/h53,56,58-60H,7-52,54-55H2,1-6H3. The van der Waals surface area contributed by atoms with Gasteiger partial charge in [-0.3, -0.25) is 9.59 Å². The lowest BCUT2D eigenvalue weighted by Gasteiger charge is -2.32. The molecule has 0 N–H and O–H groups in total. The van der Waals surface area contributed by atoms with Gasteiger partial charge in [0.1, 0.15) is 0 Å². The van der Waals surface area contributed by atoms with Crippen LogP contribution in [0.2, 0.25) is 0 Å². The van der Waals surface area contributed by atoms with Gasteiger partial charge in [0.25, 0.3) is 0 Å². The predicted octanol–water partition coefficient (Wildman–Crippen LogP) is 19.1. The van der Waals surface area contributed by atoms with E-state index >= 15 is 0 Å². The van der Waals surface area contributed by atoms with Gasteiger partial charge in [-0.05, 0) is 89.5 Å². The molecule has 0 saturated carbocycles. The third kappa shape index (κ3) is 41.3. The fourth-order valence-corrected chi connectivity index (χ4v) is 10.5. The first-order valence-corrected chi connectivity index (χ1v) is 30.9. The van der Waals surface area contributed by atoms with Crippen molar-refractivity contribution in [2.24, 2.45) is 11.8 Å². The van der Waals surface area contributed by atoms with Gasteiger partial charge in [-0.15, -0.1) is 0 Å². The first kappa shape index (κ1) is 65.1. The molecule has 0 aliphatic rings. The number of ether oxygens (including phenoxy) is 2. The summed E-state index contributed by atoms with van der Waals surface area (Å²) in [6, 6.07) is 0.531. The number of unbranched alkanes of at least 4 members (excludes halogenated alkanes) is 27. The maximum Gasteiger partial charge on any atom is 0.305 e. The molecule has 7 nitrogen and oxygen atoms in total. The van der Waals surface area contributed by atoms with Gasteiger partial charge in [0.2, 0.25) is 0 Å². The van der Waals surface area contributed by atoms with Crippen LogP contribution in [-0.4, -0.2) is 58.7 Å². The Morgan fingerprint density at radius 1 is 0.449 bits per heavy atom. The Labute approximate surface area is 430 Å². The van der Waals surface area contributed by atoms with Crippen molar-refractivity contribution in [2.45, 2.75) is 330 Å². The number of imidazole rings is 1. The molecule has 0 fully saturated rings. The zero-order valence-electron chi connectivity index (χ0n) is 47.3. The molecular formula is C62H119N3O4. The molecule has 1 aromatic rings. The van der Waals surface area contributed by atoms with Crippen molar-refractivity contribution in [3.63, 3.8) is 0 Å². The minimum Gasteiger partial charge on any atom is -0.465 e. The Morgan fingerprint density at radius 2 is 0.783 bits per heavy atom. The number of aromatic nitrogens is 2. The van der Waals surface area contributed by atoms with Gasteiger partial charge in [-0.25, -0.2) is 4.98 Å². The van der Waals surface area contributed by atoms with Crippen LogP contribution in [0.5, 0.6) is 0 Å². The van der Waals surface area contributed by atoms with Crippen molar-refractivity contribution in [1.82, 2.24) is 14.5 Å². The molecule has 2 unspecified atom stereocenters. The van der Waals surface area contributed by atoms with Crippen LogP contribution in [0.4, 0.5) is 0 Å². The van der Waals surface area contributed by atoms with Crippen LogP contribution >= 0.6 is 0 Å². The van der Waals surface area contributed by atoms with Gasteiger partial charge in [0.05, 0.1) is 25.2 Å². The molecule has 1 aromatic heterocycles. The summed E-state index contributed by atoms with van der Waals surface area (Å²) in [5.74, 6) is 1.06. The van der Waals surface area contributed by atoms with Crippen molar-refractivity contribution in [3.05, 3.63) is 18.2 Å². The largest absolute Gasteiger partial charge is 0.465 e. The smallest absolute Gasteiger partial charge is 0.305 e. The van der Waals surface area contributed by atoms with Gasteiger partial charge >= 0.3 is 11.9 Å². The highest BCUT2D eigenvalue weighted by Crippen LogP contribution is 2.24. The second-order valence-electron chi connectivity index (χ2n) is 21.9. The van der Waals surface area contributed by atoms with E-state index in [0.29, 0.717) is 43.9 Å². The average molecular weight is 971 g/mol. The van der Waals surface area contributed by atoms with Crippen molar-refractivity contribution < 1.29 is 19.1 Å². The van der Waals surface area contributed by atoms with E-state index in [1.807, 2.05) is 6.33 Å². The highest BCUT2D eigenvalue weighted by Gasteiger charge is 2.19. The molecule has 0 aliphatic heterocycles. The number of esters is 2. The summed E-state index contributed by atoms with van der Waals surface area (Å²) >= 11 is 0. The van der Waals surface area contributed by atoms with Gasteiger partial charge in [-0.1, -0.05) is 234 Å². The summed E-state index contributed by atoms with van der Waals surface area (Å²) in [5, 5.41) is 0. The molecule has 69 heavy (non-hydrogen) atoms. The molecule has 0 saturated heterocycles. The van der Waals surface area contributed by atoms with E-state index in [1.54, 1.807) is 0 Å². The Bertz CT molecular complexity index is 1180. The zero-order valence-corrected chi connectivity index (χ0v) is 47.3. The molecule has 0 radical (unpaired) electrons. The topological polar surface area (TPSA) is 73.7 Å². The van der Waals surface area contributed by atoms with Crippen molar-refractivity contribution >= 4 is 11.9 Å². The quantitative estimate of drug-likeness (QED) is 0.0478. The summed E-state index contributed by atoms with van der Waals surface area (Å²) in [7, 11) is 0. The van der Waals surface area contributed by atoms with Gasteiger partial charge in [0, 0.05) is 38.2 Å². The molecule has 2 atom stereocenters. The first-order valence-electron chi connectivity index (χ1n) is 30.9. The summed E-state index contributed by atoms with van der Waals surface area (Å²) in [4.78, 5) is 33.4. The molecule has 0 amide bonds. The molecule has 0 bridgehead atoms. The van der Waals surface area contributed by atoms with E-state index in [9.17, 15) is 9.59 Å². The second kappa shape index (κ2) is 49.7. The minimum atomic E-state index is 0.0120. The summed E-state index contributed by atoms with van der Waals surface area (Å²) < 4.78 is 14.2. The monoisotopic (exact) mass is 970 g/mol. The van der Waals surface area contributed by atoms with E-state index < -0.39 is 0 Å². The first-order chi connectivity index (χ1) is 33.9. The molecule has 1 heterocycles. The lowest BCUT2D eigenvalue weighted by molar-refractivity contribution is -0.146. The van der Waals surface area contributed by atoms with E-state index in [2.05, 4.69) is 62.2 Å². The van der Waals surface area contributed by atoms with Crippen LogP contribution in [0.3, 0.4) is 0 Å². The molecule has 1 rings (SSSR count). The van der Waals surface area contributed by atoms with Gasteiger partial charge in [-0.2, -0.15) is 0 Å². The van der Waals surface area contributed by atoms with Crippen LogP contribution in [0.15, 0.2) is 12.5 Å². The van der Waals surface area contributed by atoms with E-state index in [4.69, 9.17) is 9.47 Å². The third-order valence-corrected chi connectivity index (χ3v) is 15.1. The second-order valence-corrected chi connectivity index (χ2v) is 21.9. The van der Waals surface area contributed by atoms with Crippen LogP contribution in [0.1, 0.15) is 316 Å². The highest BCUT2D eigenvalue weighted by molar-refractivity contribution is 5.69. The molecule has 0 aromatic carbocycles. The Kier molecular flexibility index (Phi) is 46.9. The minimum absolute atomic E-state index is 0.0120. The predicted molar refractivity (Wildman–Crippen MR) is 298 cm³/mol. The number of hydrogen-bond donors (Lipinski definition) is 0. The van der Waals surface area contributed by atoms with Crippen LogP contribution in [0, 0.1) is 18.8 Å². The lowest BCUT2D eigenvalue weighted by atomic mass is 9.95. The number of aryl methyl sites for hydroxylation is 2. The molecule has 7 heteroatoms. The van der Waals surface area contributed by atoms with E-state index in [1.165, 1.54) is 218 Å². The zero-order chi connectivity index (χ0) is 50.1. The maximum atomic E-state index is 13.1. The molecule has 406 valence electrons. The number of hydrogen-bond acceptors (Lipinski definition) is 6. The van der Waals surface area contributed by atoms with Crippen molar-refractivity contribution in [2.75, 3.05) is 26.3 Å². The van der Waals surface area contributed by atoms with Crippen molar-refractivity contribution in [3.8, 4) is 0 Å². The van der Waals surface area contributed by atoms with Crippen LogP contribution < -0.4 is 0 Å². The average Bonchev–Trinajstić information content (AvgIpc) is 3.77. The van der Waals surface area contributed by atoms with Crippen LogP contribution in [0.25, 0.3) is 0 Å². The number of carbonyl (C=O) groups is 2. The summed E-state index contributed by atoms with van der Waals surface area (Å²) in [6.45, 7) is 18.0. The normalized spacial score (nSPS) is 13.0. The Balaban J connectivity index is 2.81. The van der Waals surface area contributed by atoms with Gasteiger partial charge in [0.15, 0.2) is 0 Å². The van der Waals surface area contributed by atoms with E-state index in [0.717, 1.165) is 70.3 Å². The maximum absolute atomic E-state index is 13.1. The van der Waals surface area contributed by atoms with Crippen molar-refractivity contribution in [1.29, 1.82) is 0 Å². The molecule has 0 aliphatic carbocycles. The number of rotatable bonds is 54. The summed E-state index contributed by atoms with van der Waals surface area (Å²) in [6.07, 6.45) is 56.7. The fourth-order valence-electron chi connectivity index (χ4n) is 10.5. The molecular weight excluding hydrogens is 851 g/mol. The number of carbonyl (C=O) groups excluding carboxylic acids is 2. The highest BCUT2D eigenvalue weighted by atomic mass is 16.5. The van der Waals surface area contributed by atoms with Gasteiger partial charge < -0.3 is 18.9 Å².